The second kappa shape index (κ2) is 6.37. The number of nitrogens with zero attached hydrogens (tertiary/aromatic N) is 2. The van der Waals surface area contributed by atoms with Gasteiger partial charge in [-0.2, -0.15) is 0 Å². The molecule has 20 heavy (non-hydrogen) atoms. The van der Waals surface area contributed by atoms with Gasteiger partial charge in [-0.1, -0.05) is 12.1 Å². The zero-order valence-electron chi connectivity index (χ0n) is 12.0. The SMILES string of the molecule is O=C1CCN(c2ccc(CN3CCNCC3)cc2)CC1. The predicted octanol–water partition coefficient (Wildman–Crippen LogP) is 1.26. The van der Waals surface area contributed by atoms with Crippen molar-refractivity contribution in [2.24, 2.45) is 0 Å². The van der Waals surface area contributed by atoms with Gasteiger partial charge in [0.1, 0.15) is 5.78 Å². The number of benzene rings is 1. The van der Waals surface area contributed by atoms with Crippen LogP contribution in [0.15, 0.2) is 24.3 Å². The van der Waals surface area contributed by atoms with Crippen LogP contribution < -0.4 is 10.2 Å². The summed E-state index contributed by atoms with van der Waals surface area (Å²) < 4.78 is 0. The molecule has 0 unspecified atom stereocenters. The van der Waals surface area contributed by atoms with E-state index in [0.717, 1.165) is 45.8 Å². The molecule has 0 saturated carbocycles. The lowest BCUT2D eigenvalue weighted by atomic mass is 10.1. The van der Waals surface area contributed by atoms with Crippen LogP contribution >= 0.6 is 0 Å². The van der Waals surface area contributed by atoms with E-state index in [1.54, 1.807) is 0 Å². The molecule has 0 radical (unpaired) electrons. The lowest BCUT2D eigenvalue weighted by Crippen LogP contribution is -2.42. The van der Waals surface area contributed by atoms with Gasteiger partial charge in [-0.15, -0.1) is 0 Å². The zero-order valence-corrected chi connectivity index (χ0v) is 12.0. The highest BCUT2D eigenvalue weighted by Gasteiger charge is 2.16. The fourth-order valence-corrected chi connectivity index (χ4v) is 2.95. The molecule has 1 aromatic carbocycles. The van der Waals surface area contributed by atoms with Crippen molar-refractivity contribution in [1.82, 2.24) is 10.2 Å². The van der Waals surface area contributed by atoms with Crippen LogP contribution in [0, 0.1) is 0 Å². The van der Waals surface area contributed by atoms with Gasteiger partial charge in [0, 0.05) is 64.3 Å². The highest BCUT2D eigenvalue weighted by Crippen LogP contribution is 2.19. The summed E-state index contributed by atoms with van der Waals surface area (Å²) in [4.78, 5) is 16.1. The molecule has 1 N–H and O–H groups in total. The number of Topliss-reactive ketones (excluding diaryl/α,β-unsaturated/α-hetero) is 1. The standard InChI is InChI=1S/C16H23N3O/c20-16-5-9-19(10-6-16)15-3-1-14(2-4-15)13-18-11-7-17-8-12-18/h1-4,17H,5-13H2. The first-order valence-electron chi connectivity index (χ1n) is 7.60. The van der Waals surface area contributed by atoms with Gasteiger partial charge >= 0.3 is 0 Å². The summed E-state index contributed by atoms with van der Waals surface area (Å²) in [5.41, 5.74) is 2.63. The molecule has 4 nitrogen and oxygen atoms in total. The number of piperazine rings is 1. The molecule has 0 atom stereocenters. The molecular formula is C16H23N3O. The highest BCUT2D eigenvalue weighted by molar-refractivity contribution is 5.81. The van der Waals surface area contributed by atoms with Crippen molar-refractivity contribution < 1.29 is 4.79 Å². The average molecular weight is 273 g/mol. The van der Waals surface area contributed by atoms with Crippen molar-refractivity contribution in [3.63, 3.8) is 0 Å². The molecule has 4 heteroatoms. The van der Waals surface area contributed by atoms with Gasteiger partial charge < -0.3 is 10.2 Å². The van der Waals surface area contributed by atoms with Gasteiger partial charge in [-0.3, -0.25) is 9.69 Å². The lowest BCUT2D eigenvalue weighted by Gasteiger charge is -2.29. The average Bonchev–Trinajstić information content (AvgIpc) is 2.50. The Kier molecular flexibility index (Phi) is 4.33. The van der Waals surface area contributed by atoms with E-state index in [0.29, 0.717) is 18.6 Å². The molecule has 0 aliphatic carbocycles. The van der Waals surface area contributed by atoms with E-state index in [2.05, 4.69) is 39.4 Å². The third kappa shape index (κ3) is 3.38. The maximum absolute atomic E-state index is 11.3. The topological polar surface area (TPSA) is 35.6 Å². The van der Waals surface area contributed by atoms with Crippen molar-refractivity contribution in [1.29, 1.82) is 0 Å². The summed E-state index contributed by atoms with van der Waals surface area (Å²) in [6.45, 7) is 7.25. The van der Waals surface area contributed by atoms with E-state index >= 15 is 0 Å². The van der Waals surface area contributed by atoms with Crippen LogP contribution in [0.4, 0.5) is 5.69 Å². The molecule has 0 amide bonds. The fraction of sp³-hybridized carbons (Fsp3) is 0.562. The highest BCUT2D eigenvalue weighted by atomic mass is 16.1. The number of carbonyl (C=O) groups excluding carboxylic acids is 1. The minimum atomic E-state index is 0.400. The van der Waals surface area contributed by atoms with E-state index in [-0.39, 0.29) is 0 Å². The van der Waals surface area contributed by atoms with Crippen molar-refractivity contribution in [3.05, 3.63) is 29.8 Å². The van der Waals surface area contributed by atoms with Crippen molar-refractivity contribution in [2.45, 2.75) is 19.4 Å². The number of ketones is 1. The quantitative estimate of drug-likeness (QED) is 0.899. The maximum atomic E-state index is 11.3. The van der Waals surface area contributed by atoms with Crippen LogP contribution in [0.3, 0.4) is 0 Å². The smallest absolute Gasteiger partial charge is 0.136 e. The second-order valence-electron chi connectivity index (χ2n) is 5.72. The second-order valence-corrected chi connectivity index (χ2v) is 5.72. The number of hydrogen-bond acceptors (Lipinski definition) is 4. The third-order valence-corrected chi connectivity index (χ3v) is 4.24. The summed E-state index contributed by atoms with van der Waals surface area (Å²) in [5, 5.41) is 3.38. The van der Waals surface area contributed by atoms with Crippen molar-refractivity contribution in [3.8, 4) is 0 Å². The normalized spacial score (nSPS) is 21.2. The molecule has 2 aliphatic heterocycles. The minimum Gasteiger partial charge on any atom is -0.371 e. The van der Waals surface area contributed by atoms with Gasteiger partial charge in [0.25, 0.3) is 0 Å². The van der Waals surface area contributed by atoms with E-state index in [1.165, 1.54) is 11.3 Å². The Hall–Kier alpha value is -1.39. The van der Waals surface area contributed by atoms with Crippen LogP contribution in [0.5, 0.6) is 0 Å². The summed E-state index contributed by atoms with van der Waals surface area (Å²) >= 11 is 0. The fourth-order valence-electron chi connectivity index (χ4n) is 2.95. The first-order valence-corrected chi connectivity index (χ1v) is 7.60. The number of carbonyl (C=O) groups is 1. The molecule has 0 bridgehead atoms. The molecule has 2 heterocycles. The molecule has 108 valence electrons. The molecular weight excluding hydrogens is 250 g/mol. The Morgan fingerprint density at radius 3 is 2.25 bits per heavy atom. The molecule has 2 aliphatic rings. The predicted molar refractivity (Wildman–Crippen MR) is 81.0 cm³/mol. The van der Waals surface area contributed by atoms with Crippen LogP contribution in [0.2, 0.25) is 0 Å². The summed E-state index contributed by atoms with van der Waals surface area (Å²) in [6.07, 6.45) is 1.39. The van der Waals surface area contributed by atoms with E-state index in [9.17, 15) is 4.79 Å². The first kappa shape index (κ1) is 13.6. The Morgan fingerprint density at radius 1 is 0.950 bits per heavy atom. The Balaban J connectivity index is 1.58. The van der Waals surface area contributed by atoms with Crippen molar-refractivity contribution >= 4 is 11.5 Å². The molecule has 1 aromatic rings. The molecule has 2 saturated heterocycles. The number of hydrogen-bond donors (Lipinski definition) is 1. The van der Waals surface area contributed by atoms with Gasteiger partial charge in [-0.05, 0) is 17.7 Å². The zero-order chi connectivity index (χ0) is 13.8. The largest absolute Gasteiger partial charge is 0.371 e. The Bertz CT molecular complexity index is 441. The number of piperidine rings is 1. The summed E-state index contributed by atoms with van der Waals surface area (Å²) in [5.74, 6) is 0.400. The summed E-state index contributed by atoms with van der Waals surface area (Å²) in [6, 6.07) is 8.86. The van der Waals surface area contributed by atoms with Gasteiger partial charge in [0.15, 0.2) is 0 Å². The van der Waals surface area contributed by atoms with Crippen LogP contribution in [-0.2, 0) is 11.3 Å². The van der Waals surface area contributed by atoms with E-state index in [1.807, 2.05) is 0 Å². The third-order valence-electron chi connectivity index (χ3n) is 4.24. The molecule has 3 rings (SSSR count). The minimum absolute atomic E-state index is 0.400. The number of anilines is 1. The van der Waals surface area contributed by atoms with Gasteiger partial charge in [-0.25, -0.2) is 0 Å². The molecule has 2 fully saturated rings. The Morgan fingerprint density at radius 2 is 1.60 bits per heavy atom. The van der Waals surface area contributed by atoms with Crippen LogP contribution in [0.25, 0.3) is 0 Å². The lowest BCUT2D eigenvalue weighted by molar-refractivity contribution is -0.119. The van der Waals surface area contributed by atoms with Gasteiger partial charge in [0.2, 0.25) is 0 Å². The molecule has 0 aromatic heterocycles. The van der Waals surface area contributed by atoms with E-state index < -0.39 is 0 Å². The first-order chi connectivity index (χ1) is 9.81. The molecule has 0 spiro atoms. The van der Waals surface area contributed by atoms with E-state index in [4.69, 9.17) is 0 Å². The van der Waals surface area contributed by atoms with Crippen LogP contribution in [0.1, 0.15) is 18.4 Å². The number of rotatable bonds is 3. The monoisotopic (exact) mass is 273 g/mol. The number of nitrogens with one attached hydrogen (secondary N) is 1. The van der Waals surface area contributed by atoms with Crippen molar-refractivity contribution in [2.75, 3.05) is 44.2 Å². The Labute approximate surface area is 120 Å². The summed E-state index contributed by atoms with van der Waals surface area (Å²) in [7, 11) is 0. The van der Waals surface area contributed by atoms with Gasteiger partial charge in [0.05, 0.1) is 0 Å². The maximum Gasteiger partial charge on any atom is 0.136 e. The van der Waals surface area contributed by atoms with Crippen LogP contribution in [-0.4, -0.2) is 50.0 Å².